The molecule has 1 atom stereocenters. The molecule has 1 rings (SSSR count). The summed E-state index contributed by atoms with van der Waals surface area (Å²) >= 11 is 0. The van der Waals surface area contributed by atoms with E-state index >= 15 is 0 Å². The third-order valence-electron chi connectivity index (χ3n) is 2.68. The van der Waals surface area contributed by atoms with E-state index in [2.05, 4.69) is 0 Å². The number of hydrogen-bond donors (Lipinski definition) is 0. The van der Waals surface area contributed by atoms with E-state index in [0.717, 1.165) is 31.4 Å². The number of hydrogen-bond acceptors (Lipinski definition) is 0. The standard InChI is InChI=1S/C13H16F3O/c1-2-3-4-5-12(17)10-6-8-11(9-7-10)13(14,15)16/h6-9,12H,2-5H2,1H3. The van der Waals surface area contributed by atoms with Gasteiger partial charge in [-0.15, -0.1) is 0 Å². The van der Waals surface area contributed by atoms with E-state index in [0.29, 0.717) is 12.0 Å². The zero-order chi connectivity index (χ0) is 12.9. The van der Waals surface area contributed by atoms with Crippen LogP contribution in [-0.4, -0.2) is 0 Å². The Hall–Kier alpha value is -1.03. The van der Waals surface area contributed by atoms with Crippen molar-refractivity contribution in [1.82, 2.24) is 0 Å². The maximum atomic E-state index is 12.3. The lowest BCUT2D eigenvalue weighted by Gasteiger charge is -2.10. The smallest absolute Gasteiger partial charge is 0.228 e. The van der Waals surface area contributed by atoms with E-state index in [4.69, 9.17) is 0 Å². The summed E-state index contributed by atoms with van der Waals surface area (Å²) in [5.41, 5.74) is -0.267. The van der Waals surface area contributed by atoms with E-state index in [1.807, 2.05) is 6.92 Å². The Morgan fingerprint density at radius 1 is 1.12 bits per heavy atom. The topological polar surface area (TPSA) is 19.9 Å². The number of alkyl halides is 3. The lowest BCUT2D eigenvalue weighted by molar-refractivity contribution is -0.137. The summed E-state index contributed by atoms with van der Waals surface area (Å²) in [6.45, 7) is 2.04. The molecule has 0 amide bonds. The molecule has 0 aliphatic carbocycles. The molecule has 0 aliphatic rings. The van der Waals surface area contributed by atoms with Crippen LogP contribution in [0.5, 0.6) is 0 Å². The van der Waals surface area contributed by atoms with E-state index in [-0.39, 0.29) is 0 Å². The molecule has 1 aromatic rings. The Bertz CT molecular complexity index is 330. The van der Waals surface area contributed by atoms with Crippen LogP contribution in [0, 0.1) is 0 Å². The first kappa shape index (κ1) is 14.0. The van der Waals surface area contributed by atoms with Gasteiger partial charge in [-0.3, -0.25) is 0 Å². The molecule has 4 heteroatoms. The van der Waals surface area contributed by atoms with Gasteiger partial charge in [0, 0.05) is 0 Å². The summed E-state index contributed by atoms with van der Waals surface area (Å²) < 4.78 is 36.9. The molecular weight excluding hydrogens is 229 g/mol. The first-order chi connectivity index (χ1) is 7.95. The van der Waals surface area contributed by atoms with Crippen molar-refractivity contribution >= 4 is 0 Å². The molecule has 17 heavy (non-hydrogen) atoms. The monoisotopic (exact) mass is 245 g/mol. The molecule has 0 heterocycles. The molecule has 0 fully saturated rings. The summed E-state index contributed by atoms with van der Waals surface area (Å²) in [6, 6.07) is 4.51. The van der Waals surface area contributed by atoms with Crippen molar-refractivity contribution in [2.75, 3.05) is 0 Å². The van der Waals surface area contributed by atoms with Crippen LogP contribution in [0.2, 0.25) is 0 Å². The SMILES string of the molecule is CCCCCC([O])c1ccc(C(F)(F)F)cc1. The average Bonchev–Trinajstić information content (AvgIpc) is 2.28. The number of rotatable bonds is 5. The molecule has 0 aromatic heterocycles. The van der Waals surface area contributed by atoms with E-state index < -0.39 is 17.8 Å². The molecule has 95 valence electrons. The molecule has 0 aliphatic heterocycles. The van der Waals surface area contributed by atoms with Gasteiger partial charge in [0.2, 0.25) is 0 Å². The molecule has 1 radical (unpaired) electrons. The van der Waals surface area contributed by atoms with Crippen molar-refractivity contribution < 1.29 is 18.3 Å². The highest BCUT2D eigenvalue weighted by Crippen LogP contribution is 2.30. The largest absolute Gasteiger partial charge is 0.416 e. The highest BCUT2D eigenvalue weighted by Gasteiger charge is 2.30. The van der Waals surface area contributed by atoms with Gasteiger partial charge in [0.1, 0.15) is 6.10 Å². The second kappa shape index (κ2) is 6.05. The summed E-state index contributed by atoms with van der Waals surface area (Å²) in [7, 11) is 0. The van der Waals surface area contributed by atoms with Crippen LogP contribution in [0.3, 0.4) is 0 Å². The first-order valence-corrected chi connectivity index (χ1v) is 5.78. The minimum absolute atomic E-state index is 0.439. The van der Waals surface area contributed by atoms with Crippen LogP contribution >= 0.6 is 0 Å². The first-order valence-electron chi connectivity index (χ1n) is 5.78. The van der Waals surface area contributed by atoms with E-state index in [9.17, 15) is 18.3 Å². The van der Waals surface area contributed by atoms with Crippen LogP contribution in [0.15, 0.2) is 24.3 Å². The van der Waals surface area contributed by atoms with Gasteiger partial charge >= 0.3 is 6.18 Å². The molecule has 1 unspecified atom stereocenters. The highest BCUT2D eigenvalue weighted by molar-refractivity contribution is 5.25. The predicted molar refractivity (Wildman–Crippen MR) is 59.0 cm³/mol. The molecule has 0 bridgehead atoms. The van der Waals surface area contributed by atoms with Gasteiger partial charge in [-0.2, -0.15) is 13.2 Å². The summed E-state index contributed by atoms with van der Waals surface area (Å²) in [5, 5.41) is 11.7. The second-order valence-electron chi connectivity index (χ2n) is 4.10. The fourth-order valence-electron chi connectivity index (χ4n) is 1.63. The minimum atomic E-state index is -4.33. The molecule has 1 aromatic carbocycles. The molecule has 0 saturated carbocycles. The lowest BCUT2D eigenvalue weighted by Crippen LogP contribution is -2.05. The van der Waals surface area contributed by atoms with E-state index in [1.165, 1.54) is 12.1 Å². The zero-order valence-corrected chi connectivity index (χ0v) is 9.76. The lowest BCUT2D eigenvalue weighted by atomic mass is 10.0. The van der Waals surface area contributed by atoms with Gasteiger partial charge in [0.05, 0.1) is 5.56 Å². The van der Waals surface area contributed by atoms with Crippen LogP contribution in [0.25, 0.3) is 0 Å². The highest BCUT2D eigenvalue weighted by atomic mass is 19.4. The average molecular weight is 245 g/mol. The van der Waals surface area contributed by atoms with Crippen molar-refractivity contribution in [3.05, 3.63) is 35.4 Å². The van der Waals surface area contributed by atoms with Crippen LogP contribution < -0.4 is 0 Å². The van der Waals surface area contributed by atoms with Crippen molar-refractivity contribution in [1.29, 1.82) is 0 Å². The molecule has 0 N–H and O–H groups in total. The third-order valence-corrected chi connectivity index (χ3v) is 2.68. The zero-order valence-electron chi connectivity index (χ0n) is 9.76. The fourth-order valence-corrected chi connectivity index (χ4v) is 1.63. The van der Waals surface area contributed by atoms with Gasteiger partial charge in [0.25, 0.3) is 0 Å². The van der Waals surface area contributed by atoms with Crippen molar-refractivity contribution in [2.24, 2.45) is 0 Å². The Kier molecular flexibility index (Phi) is 5.00. The Morgan fingerprint density at radius 2 is 1.71 bits per heavy atom. The van der Waals surface area contributed by atoms with Crippen molar-refractivity contribution in [3.8, 4) is 0 Å². The Labute approximate surface area is 99.3 Å². The maximum absolute atomic E-state index is 12.3. The number of unbranched alkanes of at least 4 members (excludes halogenated alkanes) is 2. The van der Waals surface area contributed by atoms with Crippen LogP contribution in [0.1, 0.15) is 49.8 Å². The summed E-state index contributed by atoms with van der Waals surface area (Å²) in [5.74, 6) is 0. The minimum Gasteiger partial charge on any atom is -0.228 e. The normalized spacial score (nSPS) is 13.7. The fraction of sp³-hybridized carbons (Fsp3) is 0.538. The Balaban J connectivity index is 2.61. The van der Waals surface area contributed by atoms with Gasteiger partial charge in [-0.25, -0.2) is 5.11 Å². The molecular formula is C13H16F3O. The van der Waals surface area contributed by atoms with Crippen LogP contribution in [0.4, 0.5) is 13.2 Å². The maximum Gasteiger partial charge on any atom is 0.416 e. The summed E-state index contributed by atoms with van der Waals surface area (Å²) in [4.78, 5) is 0. The Morgan fingerprint density at radius 3 is 2.18 bits per heavy atom. The quantitative estimate of drug-likeness (QED) is 0.667. The van der Waals surface area contributed by atoms with Gasteiger partial charge in [-0.1, -0.05) is 38.3 Å². The van der Waals surface area contributed by atoms with Gasteiger partial charge < -0.3 is 0 Å². The molecule has 1 nitrogen and oxygen atoms in total. The third kappa shape index (κ3) is 4.38. The number of halogens is 3. The van der Waals surface area contributed by atoms with Gasteiger partial charge in [-0.05, 0) is 24.1 Å². The second-order valence-corrected chi connectivity index (χ2v) is 4.10. The van der Waals surface area contributed by atoms with E-state index in [1.54, 1.807) is 0 Å². The van der Waals surface area contributed by atoms with Crippen LogP contribution in [-0.2, 0) is 11.3 Å². The van der Waals surface area contributed by atoms with Gasteiger partial charge in [0.15, 0.2) is 0 Å². The molecule has 0 saturated heterocycles. The van der Waals surface area contributed by atoms with Crippen molar-refractivity contribution in [3.63, 3.8) is 0 Å². The molecule has 0 spiro atoms. The van der Waals surface area contributed by atoms with Crippen molar-refractivity contribution in [2.45, 2.75) is 44.9 Å². The predicted octanol–water partition coefficient (Wildman–Crippen LogP) is 4.76. The number of benzene rings is 1. The summed E-state index contributed by atoms with van der Waals surface area (Å²) in [6.07, 6.45) is -1.92.